The number of hydrogen-bond acceptors (Lipinski definition) is 5. The predicted molar refractivity (Wildman–Crippen MR) is 132 cm³/mol. The molecule has 9 nitrogen and oxygen atoms in total. The molecule has 3 aromatic carbocycles. The van der Waals surface area contributed by atoms with E-state index in [-0.39, 0.29) is 10.6 Å². The van der Waals surface area contributed by atoms with E-state index in [9.17, 15) is 18.0 Å². The summed E-state index contributed by atoms with van der Waals surface area (Å²) >= 11 is 0. The monoisotopic (exact) mass is 482 g/mol. The molecule has 0 spiro atoms. The number of ether oxygens (including phenoxy) is 1. The van der Waals surface area contributed by atoms with E-state index in [2.05, 4.69) is 20.7 Å². The van der Waals surface area contributed by atoms with Crippen LogP contribution in [-0.4, -0.2) is 33.5 Å². The average molecular weight is 483 g/mol. The average Bonchev–Trinajstić information content (AvgIpc) is 2.80. The summed E-state index contributed by atoms with van der Waals surface area (Å²) in [5, 5.41) is 7.81. The number of para-hydroxylation sites is 3. The number of methoxy groups -OCH3 is 1. The highest BCUT2D eigenvalue weighted by atomic mass is 32.2. The van der Waals surface area contributed by atoms with Gasteiger partial charge < -0.3 is 20.7 Å². The van der Waals surface area contributed by atoms with Crippen molar-refractivity contribution in [3.05, 3.63) is 78.4 Å². The molecule has 0 aliphatic rings. The molecule has 3 amide bonds. The highest BCUT2D eigenvalue weighted by Crippen LogP contribution is 2.28. The van der Waals surface area contributed by atoms with Gasteiger partial charge in [0.2, 0.25) is 5.91 Å². The number of sulfonamides is 1. The molecule has 0 heterocycles. The number of carbonyl (C=O) groups excluding carboxylic acids is 2. The third kappa shape index (κ3) is 6.26. The standard InChI is InChI=1S/C24H26N4O5S/c1-16-13-14-19(15-22(16)34(31,32)28-20-11-7-8-12-21(20)33-3)26-23(29)17(2)25-24(30)27-18-9-5-4-6-10-18/h4-15,17,28H,1-3H3,(H,26,29)(H2,25,27,30). The van der Waals surface area contributed by atoms with E-state index in [0.29, 0.717) is 22.7 Å². The number of urea groups is 1. The lowest BCUT2D eigenvalue weighted by atomic mass is 10.2. The lowest BCUT2D eigenvalue weighted by Gasteiger charge is -2.17. The molecule has 4 N–H and O–H groups in total. The Hall–Kier alpha value is -4.05. The molecule has 0 aliphatic carbocycles. The number of amides is 3. The van der Waals surface area contributed by atoms with Crippen molar-refractivity contribution in [2.45, 2.75) is 24.8 Å². The Morgan fingerprint density at radius 3 is 2.26 bits per heavy atom. The molecule has 0 aromatic heterocycles. The van der Waals surface area contributed by atoms with Crippen molar-refractivity contribution < 1.29 is 22.7 Å². The van der Waals surface area contributed by atoms with E-state index >= 15 is 0 Å². The summed E-state index contributed by atoms with van der Waals surface area (Å²) in [4.78, 5) is 24.7. The van der Waals surface area contributed by atoms with E-state index in [1.807, 2.05) is 6.07 Å². The maximum atomic E-state index is 13.0. The van der Waals surface area contributed by atoms with Crippen molar-refractivity contribution >= 4 is 39.0 Å². The zero-order valence-corrected chi connectivity index (χ0v) is 19.8. The molecule has 178 valence electrons. The van der Waals surface area contributed by atoms with Gasteiger partial charge in [-0.25, -0.2) is 13.2 Å². The minimum Gasteiger partial charge on any atom is -0.495 e. The minimum absolute atomic E-state index is 0.00126. The van der Waals surface area contributed by atoms with Gasteiger partial charge in [-0.15, -0.1) is 0 Å². The van der Waals surface area contributed by atoms with Gasteiger partial charge in [0.1, 0.15) is 11.8 Å². The first-order valence-electron chi connectivity index (χ1n) is 10.4. The highest BCUT2D eigenvalue weighted by Gasteiger charge is 2.21. The molecule has 3 aromatic rings. The fourth-order valence-electron chi connectivity index (χ4n) is 3.10. The molecule has 10 heteroatoms. The Labute approximate surface area is 198 Å². The van der Waals surface area contributed by atoms with Crippen molar-refractivity contribution in [1.29, 1.82) is 0 Å². The van der Waals surface area contributed by atoms with Crippen LogP contribution in [0, 0.1) is 6.92 Å². The zero-order chi connectivity index (χ0) is 24.7. The quantitative estimate of drug-likeness (QED) is 0.387. The van der Waals surface area contributed by atoms with E-state index in [0.717, 1.165) is 0 Å². The van der Waals surface area contributed by atoms with Gasteiger partial charge in [0.25, 0.3) is 10.0 Å². The van der Waals surface area contributed by atoms with Crippen LogP contribution in [0.2, 0.25) is 0 Å². The number of carbonyl (C=O) groups is 2. The van der Waals surface area contributed by atoms with Gasteiger partial charge in [-0.1, -0.05) is 36.4 Å². The van der Waals surface area contributed by atoms with Crippen LogP contribution in [0.4, 0.5) is 21.9 Å². The van der Waals surface area contributed by atoms with E-state index in [1.54, 1.807) is 67.6 Å². The lowest BCUT2D eigenvalue weighted by Crippen LogP contribution is -2.43. The summed E-state index contributed by atoms with van der Waals surface area (Å²) < 4.78 is 33.8. The minimum atomic E-state index is -3.97. The molecule has 0 bridgehead atoms. The Bertz CT molecular complexity index is 1280. The number of anilines is 3. The first kappa shape index (κ1) is 24.6. The van der Waals surface area contributed by atoms with Crippen molar-refractivity contribution in [2.24, 2.45) is 0 Å². The van der Waals surface area contributed by atoms with Crippen molar-refractivity contribution in [3.8, 4) is 5.75 Å². The molecule has 1 unspecified atom stereocenters. The lowest BCUT2D eigenvalue weighted by molar-refractivity contribution is -0.117. The fourth-order valence-corrected chi connectivity index (χ4v) is 4.44. The van der Waals surface area contributed by atoms with Gasteiger partial charge in [0.05, 0.1) is 17.7 Å². The Kier molecular flexibility index (Phi) is 7.75. The molecule has 0 saturated heterocycles. The Balaban J connectivity index is 1.70. The molecular formula is C24H26N4O5S. The first-order chi connectivity index (χ1) is 16.2. The smallest absolute Gasteiger partial charge is 0.319 e. The number of hydrogen-bond donors (Lipinski definition) is 4. The molecule has 0 radical (unpaired) electrons. The van der Waals surface area contributed by atoms with E-state index < -0.39 is 28.0 Å². The summed E-state index contributed by atoms with van der Waals surface area (Å²) in [6.45, 7) is 3.18. The van der Waals surface area contributed by atoms with Crippen molar-refractivity contribution in [2.75, 3.05) is 22.5 Å². The van der Waals surface area contributed by atoms with Crippen LogP contribution in [0.5, 0.6) is 5.75 Å². The molecule has 0 aliphatic heterocycles. The van der Waals surface area contributed by atoms with Gasteiger partial charge in [0.15, 0.2) is 0 Å². The molecule has 1 atom stereocenters. The SMILES string of the molecule is COc1ccccc1NS(=O)(=O)c1cc(NC(=O)C(C)NC(=O)Nc2ccccc2)ccc1C. The van der Waals surface area contributed by atoms with Crippen molar-refractivity contribution in [3.63, 3.8) is 0 Å². The van der Waals surface area contributed by atoms with Crippen molar-refractivity contribution in [1.82, 2.24) is 5.32 Å². The van der Waals surface area contributed by atoms with Crippen LogP contribution < -0.4 is 25.4 Å². The largest absolute Gasteiger partial charge is 0.495 e. The van der Waals surface area contributed by atoms with Crippen LogP contribution in [0.15, 0.2) is 77.7 Å². The normalized spacial score (nSPS) is 11.7. The Morgan fingerprint density at radius 1 is 0.882 bits per heavy atom. The summed E-state index contributed by atoms with van der Waals surface area (Å²) in [6.07, 6.45) is 0. The molecule has 3 rings (SSSR count). The van der Waals surface area contributed by atoms with Crippen LogP contribution in [0.3, 0.4) is 0 Å². The van der Waals surface area contributed by atoms with Crippen LogP contribution in [0.25, 0.3) is 0 Å². The fraction of sp³-hybridized carbons (Fsp3) is 0.167. The second kappa shape index (κ2) is 10.7. The Morgan fingerprint density at radius 2 is 1.56 bits per heavy atom. The summed E-state index contributed by atoms with van der Waals surface area (Å²) in [7, 11) is -2.52. The van der Waals surface area contributed by atoms with Crippen LogP contribution in [0.1, 0.15) is 12.5 Å². The van der Waals surface area contributed by atoms with Gasteiger partial charge in [-0.2, -0.15) is 0 Å². The zero-order valence-electron chi connectivity index (χ0n) is 19.0. The maximum absolute atomic E-state index is 13.0. The first-order valence-corrected chi connectivity index (χ1v) is 11.9. The molecule has 34 heavy (non-hydrogen) atoms. The van der Waals surface area contributed by atoms with Gasteiger partial charge in [-0.3, -0.25) is 9.52 Å². The van der Waals surface area contributed by atoms with E-state index in [1.165, 1.54) is 20.1 Å². The van der Waals surface area contributed by atoms with Gasteiger partial charge in [-0.05, 0) is 55.8 Å². The van der Waals surface area contributed by atoms with E-state index in [4.69, 9.17) is 4.74 Å². The molecule has 0 saturated carbocycles. The summed E-state index contributed by atoms with van der Waals surface area (Å²) in [6, 6.07) is 18.6. The van der Waals surface area contributed by atoms with Crippen LogP contribution >= 0.6 is 0 Å². The summed E-state index contributed by atoms with van der Waals surface area (Å²) in [5.74, 6) is -0.130. The number of rotatable bonds is 8. The second-order valence-corrected chi connectivity index (χ2v) is 9.11. The number of benzene rings is 3. The second-order valence-electron chi connectivity index (χ2n) is 7.46. The maximum Gasteiger partial charge on any atom is 0.319 e. The molecular weight excluding hydrogens is 456 g/mol. The topological polar surface area (TPSA) is 126 Å². The third-order valence-electron chi connectivity index (χ3n) is 4.87. The van der Waals surface area contributed by atoms with Gasteiger partial charge in [0, 0.05) is 11.4 Å². The van der Waals surface area contributed by atoms with Gasteiger partial charge >= 0.3 is 6.03 Å². The number of aryl methyl sites for hydroxylation is 1. The third-order valence-corrected chi connectivity index (χ3v) is 6.38. The van der Waals surface area contributed by atoms with Crippen LogP contribution in [-0.2, 0) is 14.8 Å². The summed E-state index contributed by atoms with van der Waals surface area (Å²) in [5.41, 5.74) is 1.64. The highest BCUT2D eigenvalue weighted by molar-refractivity contribution is 7.92. The predicted octanol–water partition coefficient (Wildman–Crippen LogP) is 3.95. The number of nitrogens with one attached hydrogen (secondary N) is 4. The molecule has 0 fully saturated rings.